The molecule has 2 heterocycles. The molecule has 24 heavy (non-hydrogen) atoms. The van der Waals surface area contributed by atoms with E-state index in [0.717, 1.165) is 42.3 Å². The van der Waals surface area contributed by atoms with Crippen molar-refractivity contribution in [3.63, 3.8) is 0 Å². The Morgan fingerprint density at radius 1 is 1.17 bits per heavy atom. The number of hydrogen-bond acceptors (Lipinski definition) is 4. The smallest absolute Gasteiger partial charge is 0.319 e. The van der Waals surface area contributed by atoms with E-state index < -0.39 is 0 Å². The van der Waals surface area contributed by atoms with Crippen LogP contribution in [0.4, 0.5) is 10.5 Å². The molecule has 2 amide bonds. The molecular weight excluding hydrogens is 302 g/mol. The maximum Gasteiger partial charge on any atom is 0.319 e. The molecule has 2 N–H and O–H groups in total. The average Bonchev–Trinajstić information content (AvgIpc) is 3.06. The summed E-state index contributed by atoms with van der Waals surface area (Å²) in [5, 5.41) is 5.72. The lowest BCUT2D eigenvalue weighted by Crippen LogP contribution is -2.38. The topological polar surface area (TPSA) is 69.6 Å². The first-order valence-electron chi connectivity index (χ1n) is 8.04. The van der Waals surface area contributed by atoms with Gasteiger partial charge in [0.2, 0.25) is 0 Å². The SMILES string of the molecule is Cc1ccc(NC(=O)NCCN2CCN=C2c2ccncc2)cc1. The van der Waals surface area contributed by atoms with Crippen LogP contribution < -0.4 is 10.6 Å². The number of aromatic nitrogens is 1. The van der Waals surface area contributed by atoms with Crippen LogP contribution in [-0.2, 0) is 0 Å². The number of carbonyl (C=O) groups is 1. The van der Waals surface area contributed by atoms with E-state index in [-0.39, 0.29) is 6.03 Å². The highest BCUT2D eigenvalue weighted by atomic mass is 16.2. The Balaban J connectivity index is 1.47. The number of amides is 2. The normalized spacial score (nSPS) is 13.5. The Labute approximate surface area is 141 Å². The number of nitrogens with one attached hydrogen (secondary N) is 2. The van der Waals surface area contributed by atoms with Crippen LogP contribution in [0.1, 0.15) is 11.1 Å². The number of pyridine rings is 1. The molecule has 6 heteroatoms. The predicted octanol–water partition coefficient (Wildman–Crippen LogP) is 2.27. The molecule has 1 aromatic carbocycles. The van der Waals surface area contributed by atoms with Gasteiger partial charge in [0.05, 0.1) is 6.54 Å². The third kappa shape index (κ3) is 4.10. The lowest BCUT2D eigenvalue weighted by molar-refractivity contribution is 0.251. The fourth-order valence-corrected chi connectivity index (χ4v) is 2.59. The highest BCUT2D eigenvalue weighted by Gasteiger charge is 2.18. The number of amidine groups is 1. The van der Waals surface area contributed by atoms with Crippen LogP contribution in [0.15, 0.2) is 53.8 Å². The monoisotopic (exact) mass is 323 g/mol. The van der Waals surface area contributed by atoms with Crippen molar-refractivity contribution in [1.29, 1.82) is 0 Å². The predicted molar refractivity (Wildman–Crippen MR) is 95.4 cm³/mol. The van der Waals surface area contributed by atoms with Crippen LogP contribution in [0.2, 0.25) is 0 Å². The molecule has 0 saturated carbocycles. The molecule has 1 aromatic heterocycles. The first-order valence-corrected chi connectivity index (χ1v) is 8.04. The molecule has 0 unspecified atom stereocenters. The van der Waals surface area contributed by atoms with Gasteiger partial charge in [-0.1, -0.05) is 17.7 Å². The van der Waals surface area contributed by atoms with E-state index in [1.54, 1.807) is 12.4 Å². The van der Waals surface area contributed by atoms with Crippen molar-refractivity contribution in [3.05, 3.63) is 59.9 Å². The van der Waals surface area contributed by atoms with E-state index >= 15 is 0 Å². The zero-order valence-corrected chi connectivity index (χ0v) is 13.7. The van der Waals surface area contributed by atoms with E-state index in [2.05, 4.69) is 25.5 Å². The summed E-state index contributed by atoms with van der Waals surface area (Å²) in [5.41, 5.74) is 3.02. The molecule has 3 rings (SSSR count). The number of rotatable bonds is 5. The van der Waals surface area contributed by atoms with Gasteiger partial charge in [-0.25, -0.2) is 4.79 Å². The first-order chi connectivity index (χ1) is 11.7. The number of carbonyl (C=O) groups excluding carboxylic acids is 1. The summed E-state index contributed by atoms with van der Waals surface area (Å²) < 4.78 is 0. The molecule has 124 valence electrons. The minimum atomic E-state index is -0.194. The van der Waals surface area contributed by atoms with Crippen LogP contribution in [0.3, 0.4) is 0 Å². The fourth-order valence-electron chi connectivity index (χ4n) is 2.59. The zero-order valence-electron chi connectivity index (χ0n) is 13.7. The molecule has 0 aliphatic carbocycles. The van der Waals surface area contributed by atoms with Crippen molar-refractivity contribution in [2.24, 2.45) is 4.99 Å². The third-order valence-corrected chi connectivity index (χ3v) is 3.85. The summed E-state index contributed by atoms with van der Waals surface area (Å²) in [6.45, 7) is 4.96. The van der Waals surface area contributed by atoms with E-state index in [1.165, 1.54) is 0 Å². The quantitative estimate of drug-likeness (QED) is 0.887. The maximum absolute atomic E-state index is 11.9. The minimum Gasteiger partial charge on any atom is -0.353 e. The second-order valence-electron chi connectivity index (χ2n) is 5.68. The van der Waals surface area contributed by atoms with Gasteiger partial charge in [0.15, 0.2) is 0 Å². The van der Waals surface area contributed by atoms with Crippen LogP contribution in [0.5, 0.6) is 0 Å². The molecule has 0 bridgehead atoms. The average molecular weight is 323 g/mol. The standard InChI is InChI=1S/C18H21N5O/c1-14-2-4-16(5-3-14)22-18(24)21-11-13-23-12-10-20-17(23)15-6-8-19-9-7-15/h2-9H,10-13H2,1H3,(H2,21,22,24). The molecule has 1 aliphatic rings. The summed E-state index contributed by atoms with van der Waals surface area (Å²) in [7, 11) is 0. The van der Waals surface area contributed by atoms with Crippen molar-refractivity contribution in [1.82, 2.24) is 15.2 Å². The van der Waals surface area contributed by atoms with Gasteiger partial charge in [-0.3, -0.25) is 9.98 Å². The second kappa shape index (κ2) is 7.59. The molecule has 0 atom stereocenters. The van der Waals surface area contributed by atoms with Crippen molar-refractivity contribution in [3.8, 4) is 0 Å². The second-order valence-corrected chi connectivity index (χ2v) is 5.68. The molecule has 0 radical (unpaired) electrons. The summed E-state index contributed by atoms with van der Waals surface area (Å²) in [6, 6.07) is 11.4. The molecule has 2 aromatic rings. The van der Waals surface area contributed by atoms with E-state index in [1.807, 2.05) is 43.3 Å². The van der Waals surface area contributed by atoms with Gasteiger partial charge in [-0.05, 0) is 31.2 Å². The van der Waals surface area contributed by atoms with E-state index in [0.29, 0.717) is 6.54 Å². The van der Waals surface area contributed by atoms with Crippen molar-refractivity contribution in [2.75, 3.05) is 31.5 Å². The highest BCUT2D eigenvalue weighted by molar-refractivity contribution is 5.99. The molecule has 0 fully saturated rings. The number of nitrogens with zero attached hydrogens (tertiary/aromatic N) is 3. The Morgan fingerprint density at radius 2 is 1.92 bits per heavy atom. The van der Waals surface area contributed by atoms with Gasteiger partial charge in [0, 0.05) is 43.3 Å². The maximum atomic E-state index is 11.9. The molecule has 6 nitrogen and oxygen atoms in total. The van der Waals surface area contributed by atoms with Crippen molar-refractivity contribution in [2.45, 2.75) is 6.92 Å². The Bertz CT molecular complexity index is 712. The molecule has 0 spiro atoms. The van der Waals surface area contributed by atoms with Crippen molar-refractivity contribution < 1.29 is 4.79 Å². The number of aliphatic imine (C=N–C) groups is 1. The zero-order chi connectivity index (χ0) is 16.8. The summed E-state index contributed by atoms with van der Waals surface area (Å²) in [5.74, 6) is 0.971. The Kier molecular flexibility index (Phi) is 5.05. The number of anilines is 1. The molecular formula is C18H21N5O. The van der Waals surface area contributed by atoms with E-state index in [4.69, 9.17) is 0 Å². The number of aryl methyl sites for hydroxylation is 1. The van der Waals surface area contributed by atoms with Crippen LogP contribution in [0.25, 0.3) is 0 Å². The largest absolute Gasteiger partial charge is 0.353 e. The summed E-state index contributed by atoms with van der Waals surface area (Å²) in [6.07, 6.45) is 3.53. The Morgan fingerprint density at radius 3 is 2.67 bits per heavy atom. The fraction of sp³-hybridized carbons (Fsp3) is 0.278. The van der Waals surface area contributed by atoms with Gasteiger partial charge in [0.25, 0.3) is 0 Å². The van der Waals surface area contributed by atoms with Crippen LogP contribution in [0, 0.1) is 6.92 Å². The van der Waals surface area contributed by atoms with Crippen LogP contribution >= 0.6 is 0 Å². The van der Waals surface area contributed by atoms with Gasteiger partial charge < -0.3 is 15.5 Å². The lowest BCUT2D eigenvalue weighted by atomic mass is 10.2. The molecule has 1 aliphatic heterocycles. The van der Waals surface area contributed by atoms with Crippen LogP contribution in [-0.4, -0.2) is 47.9 Å². The highest BCUT2D eigenvalue weighted by Crippen LogP contribution is 2.10. The lowest BCUT2D eigenvalue weighted by Gasteiger charge is -2.20. The first kappa shape index (κ1) is 16.0. The van der Waals surface area contributed by atoms with Crippen molar-refractivity contribution >= 4 is 17.6 Å². The van der Waals surface area contributed by atoms with Gasteiger partial charge in [-0.2, -0.15) is 0 Å². The third-order valence-electron chi connectivity index (χ3n) is 3.85. The summed E-state index contributed by atoms with van der Waals surface area (Å²) in [4.78, 5) is 22.7. The summed E-state index contributed by atoms with van der Waals surface area (Å²) >= 11 is 0. The Hall–Kier alpha value is -2.89. The van der Waals surface area contributed by atoms with E-state index in [9.17, 15) is 4.79 Å². The number of benzene rings is 1. The van der Waals surface area contributed by atoms with Gasteiger partial charge in [0.1, 0.15) is 5.84 Å². The van der Waals surface area contributed by atoms with Gasteiger partial charge >= 0.3 is 6.03 Å². The minimum absolute atomic E-state index is 0.194. The van der Waals surface area contributed by atoms with Gasteiger partial charge in [-0.15, -0.1) is 0 Å². The number of hydrogen-bond donors (Lipinski definition) is 2. The number of urea groups is 1. The molecule has 0 saturated heterocycles.